The van der Waals surface area contributed by atoms with Gasteiger partial charge in [0.15, 0.2) is 0 Å². The van der Waals surface area contributed by atoms with Crippen molar-refractivity contribution in [2.45, 2.75) is 39.1 Å². The first-order valence-electron chi connectivity index (χ1n) is 5.55. The van der Waals surface area contributed by atoms with Gasteiger partial charge >= 0.3 is 0 Å². The predicted octanol–water partition coefficient (Wildman–Crippen LogP) is 0.977. The van der Waals surface area contributed by atoms with Crippen LogP contribution in [-0.4, -0.2) is 31.4 Å². The summed E-state index contributed by atoms with van der Waals surface area (Å²) in [7, 11) is 23.1. The van der Waals surface area contributed by atoms with Gasteiger partial charge in [0.25, 0.3) is 0 Å². The first-order valence-corrected chi connectivity index (χ1v) is 5.55. The lowest BCUT2D eigenvalue weighted by Gasteiger charge is -2.22. The standard InChI is InChI=1S/C12H14B4/c1-7-9(3-13)11(5-15)8(2)12(6-16)10(7)4-14/h3-6H2,1-2H3. The van der Waals surface area contributed by atoms with Crippen LogP contribution in [-0.2, 0) is 25.3 Å². The average Bonchev–Trinajstić information content (AvgIpc) is 2.30. The predicted molar refractivity (Wildman–Crippen MR) is 73.7 cm³/mol. The lowest BCUT2D eigenvalue weighted by atomic mass is 9.73. The van der Waals surface area contributed by atoms with Crippen molar-refractivity contribution < 1.29 is 0 Å². The van der Waals surface area contributed by atoms with Crippen LogP contribution in [0.3, 0.4) is 0 Å². The first kappa shape index (κ1) is 13.5. The zero-order chi connectivity index (χ0) is 12.3. The maximum Gasteiger partial charge on any atom is 0.0716 e. The van der Waals surface area contributed by atoms with E-state index in [9.17, 15) is 0 Å². The van der Waals surface area contributed by atoms with Crippen molar-refractivity contribution in [3.8, 4) is 0 Å². The molecule has 16 heavy (non-hydrogen) atoms. The molecule has 0 saturated heterocycles. The Morgan fingerprint density at radius 2 is 0.750 bits per heavy atom. The lowest BCUT2D eigenvalue weighted by molar-refractivity contribution is 1.08. The molecule has 0 aliphatic carbocycles. The van der Waals surface area contributed by atoms with Crippen LogP contribution < -0.4 is 0 Å². The van der Waals surface area contributed by atoms with E-state index in [1.165, 1.54) is 0 Å². The van der Waals surface area contributed by atoms with Gasteiger partial charge in [0.1, 0.15) is 0 Å². The van der Waals surface area contributed by atoms with Crippen molar-refractivity contribution in [2.24, 2.45) is 0 Å². The SMILES string of the molecule is [B]Cc1c(C)c(C[B])c(C[B])c(C)c1C[B]. The van der Waals surface area contributed by atoms with Crippen molar-refractivity contribution in [1.29, 1.82) is 0 Å². The molecule has 0 saturated carbocycles. The molecule has 8 radical (unpaired) electrons. The smallest absolute Gasteiger partial charge is 0.0638 e. The van der Waals surface area contributed by atoms with Crippen LogP contribution in [0, 0.1) is 13.8 Å². The molecule has 0 aliphatic heterocycles. The maximum absolute atomic E-state index is 5.78. The Morgan fingerprint density at radius 1 is 0.562 bits per heavy atom. The highest BCUT2D eigenvalue weighted by Gasteiger charge is 2.14. The van der Waals surface area contributed by atoms with Crippen LogP contribution in [0.4, 0.5) is 0 Å². The second-order valence-corrected chi connectivity index (χ2v) is 3.98. The molecule has 0 nitrogen and oxygen atoms in total. The van der Waals surface area contributed by atoms with Crippen LogP contribution in [0.2, 0.25) is 0 Å². The van der Waals surface area contributed by atoms with Crippen LogP contribution in [0.25, 0.3) is 0 Å². The van der Waals surface area contributed by atoms with E-state index in [2.05, 4.69) is 0 Å². The van der Waals surface area contributed by atoms with E-state index >= 15 is 0 Å². The van der Waals surface area contributed by atoms with Gasteiger partial charge in [0.05, 0.1) is 31.4 Å². The number of benzene rings is 1. The molecule has 0 aromatic heterocycles. The molecule has 0 heterocycles. The van der Waals surface area contributed by atoms with E-state index in [1.54, 1.807) is 0 Å². The summed E-state index contributed by atoms with van der Waals surface area (Å²) in [4.78, 5) is 0. The van der Waals surface area contributed by atoms with Gasteiger partial charge in [-0.2, -0.15) is 0 Å². The van der Waals surface area contributed by atoms with E-state index < -0.39 is 0 Å². The van der Waals surface area contributed by atoms with E-state index in [0.717, 1.165) is 33.4 Å². The zero-order valence-electron chi connectivity index (χ0n) is 10.1. The Balaban J connectivity index is 3.60. The normalized spacial score (nSPS) is 10.6. The molecule has 1 aromatic rings. The third-order valence-electron chi connectivity index (χ3n) is 3.36. The largest absolute Gasteiger partial charge is 0.0716 e. The minimum atomic E-state index is 0.497. The van der Waals surface area contributed by atoms with Crippen molar-refractivity contribution in [1.82, 2.24) is 0 Å². The van der Waals surface area contributed by atoms with Gasteiger partial charge in [0, 0.05) is 0 Å². The summed E-state index contributed by atoms with van der Waals surface area (Å²) in [5, 5.41) is 0. The molecule has 0 amide bonds. The number of hydrogen-bond acceptors (Lipinski definition) is 0. The second-order valence-electron chi connectivity index (χ2n) is 3.98. The molecule has 0 N–H and O–H groups in total. The lowest BCUT2D eigenvalue weighted by Crippen LogP contribution is -2.10. The summed E-state index contributed by atoms with van der Waals surface area (Å²) in [6.07, 6.45) is 1.99. The number of hydrogen-bond donors (Lipinski definition) is 0. The van der Waals surface area contributed by atoms with E-state index in [-0.39, 0.29) is 0 Å². The summed E-state index contributed by atoms with van der Waals surface area (Å²) < 4.78 is 0. The van der Waals surface area contributed by atoms with Gasteiger partial charge in [-0.1, -0.05) is 47.5 Å². The van der Waals surface area contributed by atoms with Gasteiger partial charge in [-0.3, -0.25) is 0 Å². The fourth-order valence-electron chi connectivity index (χ4n) is 2.37. The highest BCUT2D eigenvalue weighted by Crippen LogP contribution is 2.27. The van der Waals surface area contributed by atoms with Crippen molar-refractivity contribution in [3.63, 3.8) is 0 Å². The van der Waals surface area contributed by atoms with Crippen LogP contribution in [0.15, 0.2) is 0 Å². The van der Waals surface area contributed by atoms with E-state index in [0.29, 0.717) is 25.3 Å². The van der Waals surface area contributed by atoms with E-state index in [1.807, 2.05) is 13.8 Å². The summed E-state index contributed by atoms with van der Waals surface area (Å²) in [5.41, 5.74) is 6.79. The molecule has 4 heteroatoms. The molecule has 0 spiro atoms. The zero-order valence-corrected chi connectivity index (χ0v) is 10.1. The topological polar surface area (TPSA) is 0 Å². The van der Waals surface area contributed by atoms with Gasteiger partial charge in [0.2, 0.25) is 0 Å². The van der Waals surface area contributed by atoms with E-state index in [4.69, 9.17) is 31.4 Å². The van der Waals surface area contributed by atoms with Crippen LogP contribution >= 0.6 is 0 Å². The van der Waals surface area contributed by atoms with Crippen molar-refractivity contribution >= 4 is 31.4 Å². The quantitative estimate of drug-likeness (QED) is 0.637. The third-order valence-corrected chi connectivity index (χ3v) is 3.36. The van der Waals surface area contributed by atoms with Gasteiger partial charge in [-0.25, -0.2) is 0 Å². The molecule has 1 aromatic carbocycles. The molecule has 0 aliphatic rings. The maximum atomic E-state index is 5.78. The molecule has 0 atom stereocenters. The third kappa shape index (κ3) is 2.12. The van der Waals surface area contributed by atoms with Gasteiger partial charge < -0.3 is 0 Å². The fourth-order valence-corrected chi connectivity index (χ4v) is 2.37. The molecule has 1 rings (SSSR count). The second kappa shape index (κ2) is 5.70. The minimum absolute atomic E-state index is 0.497. The Kier molecular flexibility index (Phi) is 4.83. The van der Waals surface area contributed by atoms with Crippen LogP contribution in [0.1, 0.15) is 33.4 Å². The molecular weight excluding hydrogens is 187 g/mol. The molecule has 0 unspecified atom stereocenters. The van der Waals surface area contributed by atoms with Gasteiger partial charge in [-0.05, 0) is 25.0 Å². The average molecular weight is 201 g/mol. The Hall–Kier alpha value is -0.520. The molecule has 0 fully saturated rings. The Morgan fingerprint density at radius 3 is 0.875 bits per heavy atom. The summed E-state index contributed by atoms with van der Waals surface area (Å²) in [6.45, 7) is 4.09. The number of rotatable bonds is 4. The van der Waals surface area contributed by atoms with Crippen LogP contribution in [0.5, 0.6) is 0 Å². The molecule has 0 bridgehead atoms. The summed E-state index contributed by atoms with van der Waals surface area (Å²) in [5.74, 6) is 0. The minimum Gasteiger partial charge on any atom is -0.0638 e. The van der Waals surface area contributed by atoms with Gasteiger partial charge in [-0.15, -0.1) is 0 Å². The Bertz CT molecular complexity index is 315. The Labute approximate surface area is 104 Å². The molecule has 74 valence electrons. The molecular formula is C12H14B4. The fraction of sp³-hybridized carbons (Fsp3) is 0.500. The first-order chi connectivity index (χ1) is 7.62. The summed E-state index contributed by atoms with van der Waals surface area (Å²) >= 11 is 0. The van der Waals surface area contributed by atoms with Crippen molar-refractivity contribution in [2.75, 3.05) is 0 Å². The van der Waals surface area contributed by atoms with Crippen molar-refractivity contribution in [3.05, 3.63) is 33.4 Å². The monoisotopic (exact) mass is 202 g/mol. The highest BCUT2D eigenvalue weighted by molar-refractivity contribution is 6.12. The highest BCUT2D eigenvalue weighted by atomic mass is 14.2. The summed E-state index contributed by atoms with van der Waals surface area (Å²) in [6, 6.07) is 0.